The second-order valence-electron chi connectivity index (χ2n) is 16.4. The van der Waals surface area contributed by atoms with E-state index in [0.29, 0.717) is 23.9 Å². The number of rotatable bonds is 41. The van der Waals surface area contributed by atoms with E-state index in [1.165, 1.54) is 89.9 Å². The van der Waals surface area contributed by atoms with E-state index < -0.39 is 32.5 Å². The van der Waals surface area contributed by atoms with E-state index in [9.17, 15) is 19.0 Å². The molecule has 0 radical (unpaired) electrons. The lowest BCUT2D eigenvalue weighted by atomic mass is 10.1. The van der Waals surface area contributed by atoms with Crippen LogP contribution in [-0.4, -0.2) is 70.0 Å². The molecule has 0 amide bonds. The van der Waals surface area contributed by atoms with Crippen molar-refractivity contribution >= 4 is 19.8 Å². The number of carbonyl (C=O) groups is 2. The van der Waals surface area contributed by atoms with Crippen LogP contribution in [0.1, 0.15) is 194 Å². The van der Waals surface area contributed by atoms with E-state index >= 15 is 0 Å². The quantitative estimate of drug-likeness (QED) is 0.0197. The Balaban J connectivity index is 4.37. The molecule has 0 aliphatic rings. The van der Waals surface area contributed by atoms with Crippen molar-refractivity contribution in [1.29, 1.82) is 0 Å². The van der Waals surface area contributed by atoms with E-state index in [1.54, 1.807) is 0 Å². The first-order valence-electron chi connectivity index (χ1n) is 22.7. The largest absolute Gasteiger partial charge is 0.756 e. The highest BCUT2D eigenvalue weighted by Crippen LogP contribution is 2.38. The van der Waals surface area contributed by atoms with Crippen molar-refractivity contribution in [1.82, 2.24) is 0 Å². The Hall–Kier alpha value is -1.77. The van der Waals surface area contributed by atoms with Crippen molar-refractivity contribution in [3.05, 3.63) is 36.5 Å². The number of phosphoric acid groups is 1. The number of ether oxygens (including phenoxy) is 2. The minimum absolute atomic E-state index is 0.0341. The van der Waals surface area contributed by atoms with Gasteiger partial charge in [0.25, 0.3) is 7.82 Å². The zero-order valence-electron chi connectivity index (χ0n) is 36.8. The molecule has 0 bridgehead atoms. The number of phosphoric ester groups is 1. The van der Waals surface area contributed by atoms with E-state index in [0.717, 1.165) is 64.2 Å². The third-order valence-electron chi connectivity index (χ3n) is 9.63. The van der Waals surface area contributed by atoms with E-state index in [2.05, 4.69) is 50.3 Å². The van der Waals surface area contributed by atoms with Crippen LogP contribution in [0.25, 0.3) is 0 Å². The van der Waals surface area contributed by atoms with Crippen LogP contribution in [0.3, 0.4) is 0 Å². The van der Waals surface area contributed by atoms with Crippen molar-refractivity contribution < 1.29 is 42.1 Å². The first kappa shape index (κ1) is 54.2. The number of hydrogen-bond donors (Lipinski definition) is 0. The maximum absolute atomic E-state index is 12.7. The Kier molecular flexibility index (Phi) is 37.5. The predicted molar refractivity (Wildman–Crippen MR) is 231 cm³/mol. The second-order valence-corrected chi connectivity index (χ2v) is 17.8. The third-order valence-corrected chi connectivity index (χ3v) is 10.6. The summed E-state index contributed by atoms with van der Waals surface area (Å²) in [5.41, 5.74) is 0. The number of unbranched alkanes of at least 4 members (excludes halogenated alkanes) is 21. The molecule has 56 heavy (non-hydrogen) atoms. The van der Waals surface area contributed by atoms with Crippen LogP contribution in [0.5, 0.6) is 0 Å². The second kappa shape index (κ2) is 38.7. The van der Waals surface area contributed by atoms with Crippen molar-refractivity contribution in [2.75, 3.05) is 47.5 Å². The number of hydrogen-bond acceptors (Lipinski definition) is 8. The van der Waals surface area contributed by atoms with E-state index in [4.69, 9.17) is 18.5 Å². The van der Waals surface area contributed by atoms with Gasteiger partial charge < -0.3 is 27.9 Å². The minimum atomic E-state index is -4.63. The molecule has 1 unspecified atom stereocenters. The molecule has 9 nitrogen and oxygen atoms in total. The highest BCUT2D eigenvalue weighted by Gasteiger charge is 2.21. The molecule has 0 aromatic heterocycles. The summed E-state index contributed by atoms with van der Waals surface area (Å²) in [5.74, 6) is -0.854. The monoisotopic (exact) mass is 812 g/mol. The Labute approximate surface area is 344 Å². The molecule has 0 N–H and O–H groups in total. The predicted octanol–water partition coefficient (Wildman–Crippen LogP) is 12.3. The van der Waals surface area contributed by atoms with Gasteiger partial charge in [-0.3, -0.25) is 14.2 Å². The summed E-state index contributed by atoms with van der Waals surface area (Å²) >= 11 is 0. The van der Waals surface area contributed by atoms with Gasteiger partial charge in [0.15, 0.2) is 6.10 Å². The zero-order chi connectivity index (χ0) is 41.4. The molecule has 328 valence electrons. The van der Waals surface area contributed by atoms with Crippen LogP contribution >= 0.6 is 7.82 Å². The molecule has 0 saturated heterocycles. The van der Waals surface area contributed by atoms with Crippen molar-refractivity contribution in [3.63, 3.8) is 0 Å². The smallest absolute Gasteiger partial charge is 0.306 e. The van der Waals surface area contributed by atoms with Crippen LogP contribution in [0.15, 0.2) is 36.5 Å². The fourth-order valence-corrected chi connectivity index (χ4v) is 6.76. The average molecular weight is 812 g/mol. The van der Waals surface area contributed by atoms with Crippen LogP contribution < -0.4 is 4.89 Å². The Morgan fingerprint density at radius 1 is 0.554 bits per heavy atom. The van der Waals surface area contributed by atoms with Crippen LogP contribution in [0, 0.1) is 0 Å². The van der Waals surface area contributed by atoms with Crippen molar-refractivity contribution in [2.45, 2.75) is 200 Å². The molecular weight excluding hydrogens is 725 g/mol. The highest BCUT2D eigenvalue weighted by molar-refractivity contribution is 7.45. The summed E-state index contributed by atoms with van der Waals surface area (Å²) in [5, 5.41) is 0. The topological polar surface area (TPSA) is 111 Å². The highest BCUT2D eigenvalue weighted by atomic mass is 31.2. The number of allylic oxidation sites excluding steroid dienone is 6. The maximum atomic E-state index is 12.7. The fourth-order valence-electron chi connectivity index (χ4n) is 6.03. The molecule has 0 spiro atoms. The van der Waals surface area contributed by atoms with Gasteiger partial charge in [0.2, 0.25) is 0 Å². The maximum Gasteiger partial charge on any atom is 0.306 e. The normalized spacial score (nSPS) is 13.9. The van der Waals surface area contributed by atoms with Crippen molar-refractivity contribution in [2.24, 2.45) is 0 Å². The molecule has 0 aliphatic heterocycles. The average Bonchev–Trinajstić information content (AvgIpc) is 3.15. The van der Waals surface area contributed by atoms with Crippen LogP contribution in [-0.2, 0) is 32.7 Å². The summed E-state index contributed by atoms with van der Waals surface area (Å²) in [6, 6.07) is 0. The Bertz CT molecular complexity index is 1050. The van der Waals surface area contributed by atoms with Gasteiger partial charge in [0.1, 0.15) is 19.8 Å². The summed E-state index contributed by atoms with van der Waals surface area (Å²) in [4.78, 5) is 37.5. The summed E-state index contributed by atoms with van der Waals surface area (Å²) in [6.07, 6.45) is 43.0. The Morgan fingerprint density at radius 2 is 0.964 bits per heavy atom. The van der Waals surface area contributed by atoms with Gasteiger partial charge in [0, 0.05) is 12.8 Å². The van der Waals surface area contributed by atoms with Gasteiger partial charge in [-0.15, -0.1) is 0 Å². The van der Waals surface area contributed by atoms with Gasteiger partial charge in [-0.25, -0.2) is 0 Å². The SMILES string of the molecule is CCCCC/C=C\C/C=C\CCCCCCCC(=O)OC[C@H](COP(=O)([O-])OCC[N+](C)(C)C)OC(=O)CCCCCCCCC/C=C\CCCCCCCC. The summed E-state index contributed by atoms with van der Waals surface area (Å²) < 4.78 is 33.9. The third kappa shape index (κ3) is 41.9. The van der Waals surface area contributed by atoms with E-state index in [-0.39, 0.29) is 26.1 Å². The first-order valence-corrected chi connectivity index (χ1v) is 24.2. The lowest BCUT2D eigenvalue weighted by molar-refractivity contribution is -0.870. The van der Waals surface area contributed by atoms with Gasteiger partial charge in [-0.1, -0.05) is 147 Å². The summed E-state index contributed by atoms with van der Waals surface area (Å²) in [6.45, 7) is 4.18. The molecule has 0 fully saturated rings. The number of carbonyl (C=O) groups excluding carboxylic acids is 2. The van der Waals surface area contributed by atoms with Gasteiger partial charge in [-0.05, 0) is 70.6 Å². The van der Waals surface area contributed by atoms with E-state index in [1.807, 2.05) is 21.1 Å². The molecule has 0 rings (SSSR count). The first-order chi connectivity index (χ1) is 27.0. The van der Waals surface area contributed by atoms with Crippen LogP contribution in [0.4, 0.5) is 0 Å². The molecule has 2 atom stereocenters. The minimum Gasteiger partial charge on any atom is -0.756 e. The molecule has 10 heteroatoms. The Morgan fingerprint density at radius 3 is 1.46 bits per heavy atom. The van der Waals surface area contributed by atoms with Gasteiger partial charge >= 0.3 is 11.9 Å². The fraction of sp³-hybridized carbons (Fsp3) is 0.826. The number of nitrogens with zero attached hydrogens (tertiary/aromatic N) is 1. The van der Waals surface area contributed by atoms with Gasteiger partial charge in [-0.2, -0.15) is 0 Å². The number of quaternary nitrogens is 1. The lowest BCUT2D eigenvalue weighted by Gasteiger charge is -2.28. The lowest BCUT2D eigenvalue weighted by Crippen LogP contribution is -2.37. The zero-order valence-corrected chi connectivity index (χ0v) is 37.7. The standard InChI is InChI=1S/C46H86NO8P/c1-6-8-10-12-14-16-18-20-22-23-25-27-29-31-33-35-37-39-46(49)55-44(43-54-56(50,51)53-41-40-47(3,4)5)42-52-45(48)38-36-34-32-30-28-26-24-21-19-17-15-13-11-9-7-2/h15,17,20-22,24,44H,6-14,16,18-19,23,25-43H2,1-5H3/b17-15-,22-20-,24-21-/t44-/m1/s1. The molecule has 0 aromatic carbocycles. The summed E-state index contributed by atoms with van der Waals surface area (Å²) in [7, 11) is 1.15. The van der Waals surface area contributed by atoms with Crippen LogP contribution in [0.2, 0.25) is 0 Å². The number of esters is 2. The molecule has 0 saturated carbocycles. The number of likely N-dealkylation sites (N-methyl/N-ethyl adjacent to an activating group) is 1. The molecular formula is C46H86NO8P. The molecule has 0 aliphatic carbocycles. The van der Waals surface area contributed by atoms with Crippen molar-refractivity contribution in [3.8, 4) is 0 Å². The molecule has 0 aromatic rings. The molecule has 0 heterocycles. The van der Waals surface area contributed by atoms with Gasteiger partial charge in [0.05, 0.1) is 27.7 Å².